The van der Waals surface area contributed by atoms with E-state index in [9.17, 15) is 33.8 Å². The van der Waals surface area contributed by atoms with Crippen molar-refractivity contribution in [2.45, 2.75) is 200 Å². The standard InChI is InChI=1S/C44H82O14P2/c1-4-5-6-7-8-9-10-11-15-18-21-24-27-31-40(45)32-29-34-44(48)58-42(38-57-60(52,53)56-36-41(46)35-55-59(49,50)51)37-54-43(47)33-28-25-22-19-16-13-12-14-17-20-23-26-30-39(2)3/h11,15,21,24,27,31,39-42,45-46H,4-10,12-14,16-20,22-23,25-26,28-30,32-38H2,1-3H3,(H,52,53)(H2,49,50,51)/b15-11+,24-21+,31-27+/t40?,41-,42+/m0/s1. The molecule has 0 aromatic carbocycles. The quantitative estimate of drug-likeness (QED) is 0.0127. The van der Waals surface area contributed by atoms with E-state index in [1.54, 1.807) is 12.2 Å². The topological polar surface area (TPSA) is 216 Å². The van der Waals surface area contributed by atoms with Crippen LogP contribution in [0.3, 0.4) is 0 Å². The first-order chi connectivity index (χ1) is 28.6. The van der Waals surface area contributed by atoms with Crippen LogP contribution in [-0.4, -0.2) is 81.6 Å². The Hall–Kier alpha value is -1.70. The molecule has 0 fully saturated rings. The number of ether oxygens (including phenoxy) is 2. The summed E-state index contributed by atoms with van der Waals surface area (Å²) in [5.41, 5.74) is 0. The van der Waals surface area contributed by atoms with Crippen LogP contribution in [0.4, 0.5) is 0 Å². The second kappa shape index (κ2) is 38.9. The molecular formula is C44H82O14P2. The Kier molecular flexibility index (Phi) is 37.8. The largest absolute Gasteiger partial charge is 0.472 e. The molecule has 2 unspecified atom stereocenters. The van der Waals surface area contributed by atoms with Gasteiger partial charge in [0.05, 0.1) is 25.9 Å². The first kappa shape index (κ1) is 58.3. The van der Waals surface area contributed by atoms with Gasteiger partial charge >= 0.3 is 27.6 Å². The monoisotopic (exact) mass is 897 g/mol. The third-order valence-electron chi connectivity index (χ3n) is 9.55. The molecule has 16 heteroatoms. The molecule has 352 valence electrons. The van der Waals surface area contributed by atoms with Crippen molar-refractivity contribution in [1.29, 1.82) is 0 Å². The van der Waals surface area contributed by atoms with Gasteiger partial charge in [0.1, 0.15) is 12.7 Å². The second-order valence-corrected chi connectivity index (χ2v) is 18.7. The van der Waals surface area contributed by atoms with Crippen LogP contribution < -0.4 is 0 Å². The van der Waals surface area contributed by atoms with Crippen molar-refractivity contribution >= 4 is 27.6 Å². The van der Waals surface area contributed by atoms with Crippen molar-refractivity contribution in [2.75, 3.05) is 26.4 Å². The van der Waals surface area contributed by atoms with Crippen LogP contribution in [-0.2, 0) is 41.8 Å². The summed E-state index contributed by atoms with van der Waals surface area (Å²) in [5, 5.41) is 20.1. The number of carbonyl (C=O) groups is 2. The predicted molar refractivity (Wildman–Crippen MR) is 236 cm³/mol. The maximum absolute atomic E-state index is 12.7. The molecule has 4 atom stereocenters. The van der Waals surface area contributed by atoms with E-state index in [1.807, 2.05) is 12.2 Å². The van der Waals surface area contributed by atoms with Crippen LogP contribution in [0, 0.1) is 5.92 Å². The molecule has 0 aliphatic carbocycles. The van der Waals surface area contributed by atoms with Crippen molar-refractivity contribution in [1.82, 2.24) is 0 Å². The van der Waals surface area contributed by atoms with E-state index < -0.39 is 72.3 Å². The second-order valence-electron chi connectivity index (χ2n) is 16.0. The highest BCUT2D eigenvalue weighted by atomic mass is 31.2. The maximum atomic E-state index is 12.7. The van der Waals surface area contributed by atoms with Crippen LogP contribution in [0.2, 0.25) is 0 Å². The molecule has 5 N–H and O–H groups in total. The minimum Gasteiger partial charge on any atom is -0.462 e. The number of aliphatic hydroxyl groups excluding tert-OH is 2. The lowest BCUT2D eigenvalue weighted by Crippen LogP contribution is -2.30. The molecule has 0 spiro atoms. The maximum Gasteiger partial charge on any atom is 0.472 e. The summed E-state index contributed by atoms with van der Waals surface area (Å²) >= 11 is 0. The molecular weight excluding hydrogens is 814 g/mol. The summed E-state index contributed by atoms with van der Waals surface area (Å²) in [6, 6.07) is 0. The summed E-state index contributed by atoms with van der Waals surface area (Å²) in [4.78, 5) is 52.7. The van der Waals surface area contributed by atoms with Gasteiger partial charge in [0.2, 0.25) is 0 Å². The Balaban J connectivity index is 4.67. The first-order valence-electron chi connectivity index (χ1n) is 22.6. The van der Waals surface area contributed by atoms with Crippen molar-refractivity contribution in [3.05, 3.63) is 36.5 Å². The molecule has 0 bridgehead atoms. The Morgan fingerprint density at radius 2 is 1.13 bits per heavy atom. The van der Waals surface area contributed by atoms with E-state index >= 15 is 0 Å². The van der Waals surface area contributed by atoms with E-state index in [2.05, 4.69) is 42.0 Å². The van der Waals surface area contributed by atoms with Crippen LogP contribution in [0.25, 0.3) is 0 Å². The number of unbranched alkanes of at least 4 members (excludes halogenated alkanes) is 17. The van der Waals surface area contributed by atoms with Crippen LogP contribution >= 0.6 is 15.6 Å². The predicted octanol–water partition coefficient (Wildman–Crippen LogP) is 10.5. The number of phosphoric ester groups is 2. The number of aliphatic hydroxyl groups is 2. The highest BCUT2D eigenvalue weighted by Crippen LogP contribution is 2.43. The lowest BCUT2D eigenvalue weighted by Gasteiger charge is -2.20. The SMILES string of the molecule is CCCCCCCC/C=C/C/C=C/C=C/C(O)CCCC(=O)O[C@H](COC(=O)CCCCCCCCCCCCCCC(C)C)COP(=O)(O)OC[C@@H](O)COP(=O)(O)O. The summed E-state index contributed by atoms with van der Waals surface area (Å²) in [6.07, 6.45) is 33.2. The minimum atomic E-state index is -4.88. The van der Waals surface area contributed by atoms with Crippen LogP contribution in [0.1, 0.15) is 181 Å². The highest BCUT2D eigenvalue weighted by molar-refractivity contribution is 7.47. The lowest BCUT2D eigenvalue weighted by molar-refractivity contribution is -0.161. The van der Waals surface area contributed by atoms with Gasteiger partial charge in [-0.1, -0.05) is 166 Å². The van der Waals surface area contributed by atoms with E-state index in [1.165, 1.54) is 96.3 Å². The Morgan fingerprint density at radius 3 is 1.75 bits per heavy atom. The van der Waals surface area contributed by atoms with Crippen molar-refractivity contribution < 1.29 is 66.7 Å². The number of rotatable bonds is 42. The fourth-order valence-electron chi connectivity index (χ4n) is 6.07. The fraction of sp³-hybridized carbons (Fsp3) is 0.818. The average Bonchev–Trinajstić information content (AvgIpc) is 3.18. The Bertz CT molecular complexity index is 1240. The number of carbonyl (C=O) groups excluding carboxylic acids is 2. The van der Waals surface area contributed by atoms with Crippen molar-refractivity contribution in [3.8, 4) is 0 Å². The average molecular weight is 897 g/mol. The van der Waals surface area contributed by atoms with Gasteiger partial charge in [-0.05, 0) is 44.4 Å². The smallest absolute Gasteiger partial charge is 0.462 e. The van der Waals surface area contributed by atoms with Crippen LogP contribution in [0.15, 0.2) is 36.5 Å². The summed E-state index contributed by atoms with van der Waals surface area (Å²) < 4.78 is 47.7. The lowest BCUT2D eigenvalue weighted by atomic mass is 10.0. The Labute approximate surface area is 361 Å². The Morgan fingerprint density at radius 1 is 0.583 bits per heavy atom. The molecule has 0 aromatic rings. The van der Waals surface area contributed by atoms with Gasteiger partial charge in [0.25, 0.3) is 0 Å². The third-order valence-corrected chi connectivity index (χ3v) is 11.0. The van der Waals surface area contributed by atoms with Gasteiger partial charge in [0, 0.05) is 12.8 Å². The number of allylic oxidation sites excluding steroid dienone is 5. The summed E-state index contributed by atoms with van der Waals surface area (Å²) in [7, 11) is -9.74. The number of hydrogen-bond donors (Lipinski definition) is 5. The van der Waals surface area contributed by atoms with Gasteiger partial charge in [-0.25, -0.2) is 9.13 Å². The van der Waals surface area contributed by atoms with Gasteiger partial charge in [-0.15, -0.1) is 0 Å². The van der Waals surface area contributed by atoms with Crippen LogP contribution in [0.5, 0.6) is 0 Å². The van der Waals surface area contributed by atoms with E-state index in [4.69, 9.17) is 23.8 Å². The molecule has 0 heterocycles. The normalized spacial score (nSPS) is 14.9. The number of esters is 2. The highest BCUT2D eigenvalue weighted by Gasteiger charge is 2.28. The molecule has 60 heavy (non-hydrogen) atoms. The van der Waals surface area contributed by atoms with Gasteiger partial charge < -0.3 is 34.4 Å². The van der Waals surface area contributed by atoms with E-state index in [0.717, 1.165) is 38.0 Å². The molecule has 0 rings (SSSR count). The molecule has 0 saturated carbocycles. The number of hydrogen-bond acceptors (Lipinski definition) is 11. The molecule has 0 radical (unpaired) electrons. The molecule has 0 aliphatic heterocycles. The minimum absolute atomic E-state index is 0.0912. The van der Waals surface area contributed by atoms with Gasteiger partial charge in [-0.3, -0.25) is 23.2 Å². The first-order valence-corrected chi connectivity index (χ1v) is 25.7. The van der Waals surface area contributed by atoms with Gasteiger partial charge in [-0.2, -0.15) is 0 Å². The van der Waals surface area contributed by atoms with E-state index in [0.29, 0.717) is 6.42 Å². The third kappa shape index (κ3) is 43.0. The fourth-order valence-corrected chi connectivity index (χ4v) is 7.23. The zero-order valence-corrected chi connectivity index (χ0v) is 38.9. The molecule has 0 aromatic heterocycles. The van der Waals surface area contributed by atoms with Gasteiger partial charge in [0.15, 0.2) is 6.10 Å². The van der Waals surface area contributed by atoms with E-state index in [-0.39, 0.29) is 25.7 Å². The zero-order valence-electron chi connectivity index (χ0n) is 37.1. The van der Waals surface area contributed by atoms with Crippen molar-refractivity contribution in [3.63, 3.8) is 0 Å². The molecule has 0 aliphatic rings. The summed E-state index contributed by atoms with van der Waals surface area (Å²) in [6.45, 7) is 3.86. The zero-order chi connectivity index (χ0) is 44.7. The molecule has 0 saturated heterocycles. The summed E-state index contributed by atoms with van der Waals surface area (Å²) in [5.74, 6) is -0.437. The molecule has 0 amide bonds. The molecule has 14 nitrogen and oxygen atoms in total. The number of phosphoric acid groups is 2. The van der Waals surface area contributed by atoms with Crippen molar-refractivity contribution in [2.24, 2.45) is 5.92 Å².